The van der Waals surface area contributed by atoms with Gasteiger partial charge in [-0.1, -0.05) is 77.3 Å². The maximum Gasteiger partial charge on any atom is 0.119 e. The van der Waals surface area contributed by atoms with Gasteiger partial charge < -0.3 is 15.0 Å². The Kier molecular flexibility index (Phi) is 8.25. The molecule has 0 aromatic heterocycles. The Balaban J connectivity index is 1.95. The van der Waals surface area contributed by atoms with Crippen molar-refractivity contribution in [2.75, 3.05) is 24.4 Å². The smallest absolute Gasteiger partial charge is 0.119 e. The Morgan fingerprint density at radius 3 is 1.83 bits per heavy atom. The summed E-state index contributed by atoms with van der Waals surface area (Å²) in [5.41, 5.74) is 10.1. The number of hydrogen-bond donors (Lipinski definition) is 1. The molecule has 0 heterocycles. The van der Waals surface area contributed by atoms with E-state index in [0.29, 0.717) is 0 Å². The van der Waals surface area contributed by atoms with Crippen LogP contribution in [-0.2, 0) is 6.42 Å². The minimum atomic E-state index is 0.831. The van der Waals surface area contributed by atoms with Gasteiger partial charge >= 0.3 is 0 Å². The molecule has 4 heteroatoms. The van der Waals surface area contributed by atoms with Crippen LogP contribution in [0.4, 0.5) is 17.1 Å². The van der Waals surface area contributed by atoms with Crippen LogP contribution in [0.15, 0.2) is 109 Å². The summed E-state index contributed by atoms with van der Waals surface area (Å²) < 4.78 is 5.43. The van der Waals surface area contributed by atoms with Crippen molar-refractivity contribution in [3.05, 3.63) is 131 Å². The zero-order chi connectivity index (χ0) is 25.5. The average molecular weight is 493 g/mol. The highest BCUT2D eigenvalue weighted by molar-refractivity contribution is 7.23. The molecule has 4 aromatic carbocycles. The molecule has 36 heavy (non-hydrogen) atoms. The summed E-state index contributed by atoms with van der Waals surface area (Å²) in [5, 5.41) is 3.22. The Bertz CT molecular complexity index is 1280. The Labute approximate surface area is 217 Å². The Morgan fingerprint density at radius 2 is 1.36 bits per heavy atom. The van der Waals surface area contributed by atoms with Gasteiger partial charge in [0.25, 0.3) is 0 Å². The molecule has 0 spiro atoms. The molecule has 1 N–H and O–H groups in total. The molecule has 0 amide bonds. The SMILES string of the molecule is C=Cc1ccc(C(=C(P)N(c2ccc(CC)cc2)c2ccc(OC)cc2)c2ccc(NC)cc2)cc1. The van der Waals surface area contributed by atoms with Crippen molar-refractivity contribution in [3.63, 3.8) is 0 Å². The highest BCUT2D eigenvalue weighted by atomic mass is 31.0. The quantitative estimate of drug-likeness (QED) is 0.238. The maximum atomic E-state index is 5.43. The van der Waals surface area contributed by atoms with Gasteiger partial charge in [0.2, 0.25) is 0 Å². The van der Waals surface area contributed by atoms with Gasteiger partial charge in [0, 0.05) is 35.1 Å². The lowest BCUT2D eigenvalue weighted by atomic mass is 9.97. The van der Waals surface area contributed by atoms with Gasteiger partial charge in [-0.15, -0.1) is 0 Å². The van der Waals surface area contributed by atoms with Crippen LogP contribution in [0.2, 0.25) is 0 Å². The van der Waals surface area contributed by atoms with Crippen LogP contribution in [0.1, 0.15) is 29.2 Å². The first-order valence-electron chi connectivity index (χ1n) is 12.1. The van der Waals surface area contributed by atoms with E-state index in [-0.39, 0.29) is 0 Å². The number of rotatable bonds is 9. The number of anilines is 3. The first-order chi connectivity index (χ1) is 17.6. The largest absolute Gasteiger partial charge is 0.497 e. The second-order valence-corrected chi connectivity index (χ2v) is 9.01. The summed E-state index contributed by atoms with van der Waals surface area (Å²) in [6.07, 6.45) is 2.88. The van der Waals surface area contributed by atoms with E-state index < -0.39 is 0 Å². The molecular weight excluding hydrogens is 459 g/mol. The van der Waals surface area contributed by atoms with Crippen molar-refractivity contribution in [2.45, 2.75) is 13.3 Å². The van der Waals surface area contributed by atoms with E-state index in [1.54, 1.807) is 7.11 Å². The van der Waals surface area contributed by atoms with E-state index in [9.17, 15) is 0 Å². The van der Waals surface area contributed by atoms with Gasteiger partial charge in [0.05, 0.1) is 7.11 Å². The number of benzene rings is 4. The van der Waals surface area contributed by atoms with Gasteiger partial charge in [-0.05, 0) is 77.2 Å². The predicted octanol–water partition coefficient (Wildman–Crippen LogP) is 8.37. The number of nitrogens with one attached hydrogen (secondary N) is 1. The molecular formula is C32H33N2OP. The molecule has 0 aliphatic rings. The monoisotopic (exact) mass is 492 g/mol. The van der Waals surface area contributed by atoms with E-state index in [2.05, 4.69) is 118 Å². The molecule has 182 valence electrons. The van der Waals surface area contributed by atoms with Crippen molar-refractivity contribution in [1.82, 2.24) is 0 Å². The van der Waals surface area contributed by atoms with Crippen molar-refractivity contribution in [2.24, 2.45) is 0 Å². The number of hydrogen-bond acceptors (Lipinski definition) is 3. The van der Waals surface area contributed by atoms with E-state index in [1.807, 2.05) is 25.3 Å². The van der Waals surface area contributed by atoms with E-state index in [4.69, 9.17) is 4.74 Å². The first-order valence-corrected chi connectivity index (χ1v) is 12.7. The summed E-state index contributed by atoms with van der Waals surface area (Å²) in [4.78, 5) is 2.28. The number of methoxy groups -OCH3 is 1. The molecule has 0 bridgehead atoms. The fourth-order valence-electron chi connectivity index (χ4n) is 4.20. The van der Waals surface area contributed by atoms with Gasteiger partial charge in [-0.25, -0.2) is 0 Å². The molecule has 1 unspecified atom stereocenters. The van der Waals surface area contributed by atoms with Gasteiger partial charge in [0.15, 0.2) is 0 Å². The predicted molar refractivity (Wildman–Crippen MR) is 159 cm³/mol. The topological polar surface area (TPSA) is 24.5 Å². The summed E-state index contributed by atoms with van der Waals surface area (Å²) in [6.45, 7) is 6.09. The minimum Gasteiger partial charge on any atom is -0.497 e. The molecule has 4 aromatic rings. The van der Waals surface area contributed by atoms with E-state index in [1.165, 1.54) is 5.56 Å². The second-order valence-electron chi connectivity index (χ2n) is 8.47. The van der Waals surface area contributed by atoms with Crippen molar-refractivity contribution >= 4 is 38.0 Å². The van der Waals surface area contributed by atoms with Gasteiger partial charge in [-0.3, -0.25) is 0 Å². The van der Waals surface area contributed by atoms with Crippen LogP contribution >= 0.6 is 9.24 Å². The van der Waals surface area contributed by atoms with E-state index in [0.717, 1.165) is 56.9 Å². The van der Waals surface area contributed by atoms with Crippen molar-refractivity contribution in [1.29, 1.82) is 0 Å². The zero-order valence-corrected chi connectivity index (χ0v) is 22.3. The molecule has 0 radical (unpaired) electrons. The van der Waals surface area contributed by atoms with Crippen LogP contribution in [0.3, 0.4) is 0 Å². The van der Waals surface area contributed by atoms with Crippen molar-refractivity contribution < 1.29 is 4.74 Å². The van der Waals surface area contributed by atoms with Crippen molar-refractivity contribution in [3.8, 4) is 5.75 Å². The summed E-state index contributed by atoms with van der Waals surface area (Å²) in [5.74, 6) is 0.831. The fraction of sp³-hybridized carbons (Fsp3) is 0.125. The van der Waals surface area contributed by atoms with Crippen LogP contribution in [-0.4, -0.2) is 14.2 Å². The maximum absolute atomic E-state index is 5.43. The second kappa shape index (κ2) is 11.7. The van der Waals surface area contributed by atoms with Crippen LogP contribution in [0, 0.1) is 0 Å². The minimum absolute atomic E-state index is 0.831. The third-order valence-corrected chi connectivity index (χ3v) is 6.87. The fourth-order valence-corrected chi connectivity index (χ4v) is 4.83. The lowest BCUT2D eigenvalue weighted by molar-refractivity contribution is 0.415. The highest BCUT2D eigenvalue weighted by Gasteiger charge is 2.19. The molecule has 0 saturated carbocycles. The van der Waals surface area contributed by atoms with Crippen LogP contribution < -0.4 is 15.0 Å². The first kappa shape index (κ1) is 25.3. The molecule has 0 aliphatic carbocycles. The zero-order valence-electron chi connectivity index (χ0n) is 21.2. The lowest BCUT2D eigenvalue weighted by Crippen LogP contribution is -2.15. The molecule has 4 rings (SSSR count). The summed E-state index contributed by atoms with van der Waals surface area (Å²) in [6, 6.07) is 34.1. The Hall–Kier alpha value is -3.81. The Morgan fingerprint density at radius 1 is 0.833 bits per heavy atom. The molecule has 1 atom stereocenters. The van der Waals surface area contributed by atoms with E-state index >= 15 is 0 Å². The third-order valence-electron chi connectivity index (χ3n) is 6.33. The van der Waals surface area contributed by atoms with Gasteiger partial charge in [-0.2, -0.15) is 0 Å². The molecule has 0 aliphatic heterocycles. The van der Waals surface area contributed by atoms with Gasteiger partial charge in [0.1, 0.15) is 5.75 Å². The van der Waals surface area contributed by atoms with Crippen LogP contribution in [0.5, 0.6) is 5.75 Å². The average Bonchev–Trinajstić information content (AvgIpc) is 2.95. The molecule has 0 fully saturated rings. The normalized spacial score (nSPS) is 11.4. The standard InChI is InChI=1S/C32H33N2OP/c1-5-23-7-11-25(12-8-23)31(26-13-15-27(33-3)16-14-26)32(36)34(28-17-9-24(6-2)10-18-28)29-19-21-30(35-4)22-20-29/h5,7-22,33H,1,6,36H2,2-4H3. The highest BCUT2D eigenvalue weighted by Crippen LogP contribution is 2.40. The van der Waals surface area contributed by atoms with Crippen LogP contribution in [0.25, 0.3) is 11.6 Å². The number of ether oxygens (including phenoxy) is 1. The molecule has 0 saturated heterocycles. The number of nitrogens with zero attached hydrogens (tertiary/aromatic N) is 1. The molecule has 3 nitrogen and oxygen atoms in total. The number of aryl methyl sites for hydroxylation is 1. The lowest BCUT2D eigenvalue weighted by Gasteiger charge is -2.29. The summed E-state index contributed by atoms with van der Waals surface area (Å²) >= 11 is 0. The third kappa shape index (κ3) is 5.53. The summed E-state index contributed by atoms with van der Waals surface area (Å²) in [7, 11) is 6.64.